The van der Waals surface area contributed by atoms with Gasteiger partial charge >= 0.3 is 5.97 Å². The molecule has 1 unspecified atom stereocenters. The van der Waals surface area contributed by atoms with Crippen LogP contribution in [0.15, 0.2) is 24.3 Å². The Balaban J connectivity index is 1.43. The number of fused-ring (bicyclic) bond motifs is 1. The maximum absolute atomic E-state index is 11.3. The number of esters is 1. The van der Waals surface area contributed by atoms with Crippen LogP contribution in [0.1, 0.15) is 12.8 Å². The van der Waals surface area contributed by atoms with Crippen LogP contribution in [0.4, 0.5) is 0 Å². The van der Waals surface area contributed by atoms with Gasteiger partial charge in [-0.25, -0.2) is 0 Å². The van der Waals surface area contributed by atoms with Crippen LogP contribution in [0.5, 0.6) is 11.5 Å². The fourth-order valence-electron chi connectivity index (χ4n) is 3.21. The van der Waals surface area contributed by atoms with E-state index in [1.54, 1.807) is 31.4 Å². The first-order valence-corrected chi connectivity index (χ1v) is 8.01. The summed E-state index contributed by atoms with van der Waals surface area (Å²) in [5.41, 5.74) is 0. The standard InChI is InChI=1S/C17H22O7/c1-21-11-2-4-12(5-3-11)22-8-10(18)9-23-17-13-6-16(20)24-15(13)7-14(17)19/h2-5,10,13-15,17-19H,6-9H2,1H3/t10?,13-,14+,15-,17+/m1/s1. The van der Waals surface area contributed by atoms with Crippen LogP contribution < -0.4 is 9.47 Å². The fourth-order valence-corrected chi connectivity index (χ4v) is 3.21. The van der Waals surface area contributed by atoms with Crippen LogP contribution >= 0.6 is 0 Å². The lowest BCUT2D eigenvalue weighted by atomic mass is 10.0. The molecular weight excluding hydrogens is 316 g/mol. The minimum absolute atomic E-state index is 0.0231. The third-order valence-corrected chi connectivity index (χ3v) is 4.42. The molecule has 1 saturated carbocycles. The van der Waals surface area contributed by atoms with Gasteiger partial charge in [-0.05, 0) is 24.3 Å². The van der Waals surface area contributed by atoms with Crippen molar-refractivity contribution >= 4 is 5.97 Å². The highest BCUT2D eigenvalue weighted by molar-refractivity contribution is 5.72. The van der Waals surface area contributed by atoms with E-state index >= 15 is 0 Å². The van der Waals surface area contributed by atoms with Gasteiger partial charge in [-0.15, -0.1) is 0 Å². The molecule has 2 N–H and O–H groups in total. The van der Waals surface area contributed by atoms with Crippen molar-refractivity contribution in [2.45, 2.75) is 37.3 Å². The molecule has 1 aromatic rings. The fraction of sp³-hybridized carbons (Fsp3) is 0.588. The van der Waals surface area contributed by atoms with Crippen molar-refractivity contribution in [3.63, 3.8) is 0 Å². The van der Waals surface area contributed by atoms with Gasteiger partial charge in [-0.1, -0.05) is 0 Å². The van der Waals surface area contributed by atoms with Crippen molar-refractivity contribution in [3.05, 3.63) is 24.3 Å². The number of carbonyl (C=O) groups excluding carboxylic acids is 1. The van der Waals surface area contributed by atoms with E-state index in [0.29, 0.717) is 12.2 Å². The second kappa shape index (κ2) is 7.38. The molecule has 5 atom stereocenters. The van der Waals surface area contributed by atoms with E-state index in [1.165, 1.54) is 0 Å². The van der Waals surface area contributed by atoms with Crippen molar-refractivity contribution in [1.29, 1.82) is 0 Å². The minimum atomic E-state index is -0.837. The highest BCUT2D eigenvalue weighted by Gasteiger charge is 2.50. The number of benzene rings is 1. The molecule has 3 rings (SSSR count). The number of hydrogen-bond acceptors (Lipinski definition) is 7. The predicted molar refractivity (Wildman–Crippen MR) is 82.8 cm³/mol. The summed E-state index contributed by atoms with van der Waals surface area (Å²) in [6.45, 7) is 0.0912. The van der Waals surface area contributed by atoms with Crippen LogP contribution in [-0.4, -0.2) is 60.9 Å². The zero-order valence-corrected chi connectivity index (χ0v) is 13.5. The molecule has 2 aliphatic rings. The lowest BCUT2D eigenvalue weighted by Gasteiger charge is -2.22. The van der Waals surface area contributed by atoms with Crippen molar-refractivity contribution in [3.8, 4) is 11.5 Å². The Morgan fingerprint density at radius 2 is 1.96 bits per heavy atom. The number of carbonyl (C=O) groups is 1. The van der Waals surface area contributed by atoms with Crippen LogP contribution in [0.25, 0.3) is 0 Å². The first-order chi connectivity index (χ1) is 11.6. The molecule has 0 bridgehead atoms. The highest BCUT2D eigenvalue weighted by atomic mass is 16.6. The number of ether oxygens (including phenoxy) is 4. The van der Waals surface area contributed by atoms with Gasteiger partial charge in [0, 0.05) is 12.3 Å². The topological polar surface area (TPSA) is 94.5 Å². The molecule has 0 aromatic heterocycles. The second-order valence-corrected chi connectivity index (χ2v) is 6.14. The summed E-state index contributed by atoms with van der Waals surface area (Å²) in [5.74, 6) is 0.950. The third kappa shape index (κ3) is 3.80. The van der Waals surface area contributed by atoms with E-state index in [1.807, 2.05) is 0 Å². The van der Waals surface area contributed by atoms with Crippen LogP contribution in [0, 0.1) is 5.92 Å². The first kappa shape index (κ1) is 17.0. The van der Waals surface area contributed by atoms with Gasteiger partial charge < -0.3 is 29.2 Å². The van der Waals surface area contributed by atoms with Crippen molar-refractivity contribution in [1.82, 2.24) is 0 Å². The van der Waals surface area contributed by atoms with Crippen molar-refractivity contribution < 1.29 is 34.0 Å². The maximum Gasteiger partial charge on any atom is 0.306 e. The highest BCUT2D eigenvalue weighted by Crippen LogP contribution is 2.38. The molecule has 24 heavy (non-hydrogen) atoms. The molecule has 1 heterocycles. The Hall–Kier alpha value is -1.83. The molecule has 7 heteroatoms. The SMILES string of the molecule is COc1ccc(OCC(O)CO[C@H]2[C@@H]3CC(=O)O[C@@H]3C[C@@H]2O)cc1. The van der Waals surface area contributed by atoms with Gasteiger partial charge in [0.1, 0.15) is 30.3 Å². The molecule has 2 fully saturated rings. The molecule has 1 saturated heterocycles. The summed E-state index contributed by atoms with van der Waals surface area (Å²) in [7, 11) is 1.59. The second-order valence-electron chi connectivity index (χ2n) is 6.14. The first-order valence-electron chi connectivity index (χ1n) is 8.01. The largest absolute Gasteiger partial charge is 0.497 e. The number of aliphatic hydroxyl groups is 2. The lowest BCUT2D eigenvalue weighted by molar-refractivity contribution is -0.142. The van der Waals surface area contributed by atoms with E-state index in [0.717, 1.165) is 5.75 Å². The molecule has 1 aliphatic carbocycles. The molecule has 0 amide bonds. The Morgan fingerprint density at radius 1 is 1.25 bits per heavy atom. The number of hydrogen-bond donors (Lipinski definition) is 2. The summed E-state index contributed by atoms with van der Waals surface area (Å²) >= 11 is 0. The lowest BCUT2D eigenvalue weighted by Crippen LogP contribution is -2.34. The van der Waals surface area contributed by atoms with Crippen LogP contribution in [0.3, 0.4) is 0 Å². The van der Waals surface area contributed by atoms with E-state index in [4.69, 9.17) is 18.9 Å². The van der Waals surface area contributed by atoms with Crippen LogP contribution in [-0.2, 0) is 14.3 Å². The molecule has 0 radical (unpaired) electrons. The molecule has 1 aromatic carbocycles. The molecule has 132 valence electrons. The average molecular weight is 338 g/mol. The predicted octanol–water partition coefficient (Wildman–Crippen LogP) is 0.516. The van der Waals surface area contributed by atoms with Gasteiger partial charge in [0.25, 0.3) is 0 Å². The molecular formula is C17H22O7. The van der Waals surface area contributed by atoms with Gasteiger partial charge in [0.05, 0.1) is 32.3 Å². The zero-order valence-electron chi connectivity index (χ0n) is 13.5. The Kier molecular flexibility index (Phi) is 5.23. The summed E-state index contributed by atoms with van der Waals surface area (Å²) in [4.78, 5) is 11.3. The monoisotopic (exact) mass is 338 g/mol. The smallest absolute Gasteiger partial charge is 0.306 e. The Morgan fingerprint density at radius 3 is 2.67 bits per heavy atom. The van der Waals surface area contributed by atoms with Gasteiger partial charge in [-0.2, -0.15) is 0 Å². The molecule has 1 aliphatic heterocycles. The van der Waals surface area contributed by atoms with Gasteiger partial charge in [0.2, 0.25) is 0 Å². The quantitative estimate of drug-likeness (QED) is 0.700. The summed E-state index contributed by atoms with van der Waals surface area (Å²) in [5, 5.41) is 20.0. The summed E-state index contributed by atoms with van der Waals surface area (Å²) in [6, 6.07) is 7.03. The molecule has 7 nitrogen and oxygen atoms in total. The summed E-state index contributed by atoms with van der Waals surface area (Å²) in [6.07, 6.45) is -1.63. The minimum Gasteiger partial charge on any atom is -0.497 e. The van der Waals surface area contributed by atoms with E-state index in [2.05, 4.69) is 0 Å². The average Bonchev–Trinajstić information content (AvgIpc) is 3.06. The summed E-state index contributed by atoms with van der Waals surface area (Å²) < 4.78 is 21.3. The maximum atomic E-state index is 11.3. The van der Waals surface area contributed by atoms with E-state index in [-0.39, 0.29) is 37.6 Å². The number of aliphatic hydroxyl groups excluding tert-OH is 2. The Labute approximate surface area is 140 Å². The van der Waals surface area contributed by atoms with Gasteiger partial charge in [-0.3, -0.25) is 4.79 Å². The van der Waals surface area contributed by atoms with Crippen LogP contribution in [0.2, 0.25) is 0 Å². The van der Waals surface area contributed by atoms with Crippen molar-refractivity contribution in [2.24, 2.45) is 5.92 Å². The van der Waals surface area contributed by atoms with E-state index in [9.17, 15) is 15.0 Å². The Bertz CT molecular complexity index is 559. The third-order valence-electron chi connectivity index (χ3n) is 4.42. The molecule has 0 spiro atoms. The van der Waals surface area contributed by atoms with E-state index < -0.39 is 18.3 Å². The zero-order chi connectivity index (χ0) is 17.1. The van der Waals surface area contributed by atoms with Gasteiger partial charge in [0.15, 0.2) is 0 Å². The number of methoxy groups -OCH3 is 1. The van der Waals surface area contributed by atoms with Crippen molar-refractivity contribution in [2.75, 3.05) is 20.3 Å². The normalized spacial score (nSPS) is 29.9. The number of rotatable bonds is 7.